The highest BCUT2D eigenvalue weighted by atomic mass is 16.3. The molecule has 0 saturated carbocycles. The first kappa shape index (κ1) is 16.3. The first-order chi connectivity index (χ1) is 9.43. The number of hydrogen-bond acceptors (Lipinski definition) is 3. The average molecular weight is 282 g/mol. The second-order valence-electron chi connectivity index (χ2n) is 7.87. The minimum atomic E-state index is -0.0456. The van der Waals surface area contributed by atoms with E-state index >= 15 is 0 Å². The summed E-state index contributed by atoms with van der Waals surface area (Å²) in [4.78, 5) is 2.72. The Labute approximate surface area is 125 Å². The van der Waals surface area contributed by atoms with E-state index in [1.807, 2.05) is 0 Å². The first-order valence-electron chi connectivity index (χ1n) is 8.58. The van der Waals surface area contributed by atoms with E-state index in [9.17, 15) is 5.11 Å². The molecule has 2 heterocycles. The van der Waals surface area contributed by atoms with Crippen LogP contribution in [0, 0.1) is 11.3 Å². The van der Waals surface area contributed by atoms with Crippen LogP contribution in [-0.4, -0.2) is 47.8 Å². The zero-order valence-electron chi connectivity index (χ0n) is 13.9. The largest absolute Gasteiger partial charge is 0.393 e. The van der Waals surface area contributed by atoms with Gasteiger partial charge in [-0.25, -0.2) is 0 Å². The van der Waals surface area contributed by atoms with Crippen LogP contribution in [0.2, 0.25) is 0 Å². The molecule has 2 saturated heterocycles. The Morgan fingerprint density at radius 1 is 1.25 bits per heavy atom. The van der Waals surface area contributed by atoms with Gasteiger partial charge in [-0.05, 0) is 50.0 Å². The normalized spacial score (nSPS) is 33.6. The van der Waals surface area contributed by atoms with E-state index in [0.717, 1.165) is 31.8 Å². The van der Waals surface area contributed by atoms with Crippen LogP contribution in [0.3, 0.4) is 0 Å². The number of rotatable bonds is 7. The van der Waals surface area contributed by atoms with E-state index in [1.54, 1.807) is 0 Å². The standard InChI is InChI=1S/C17H34N2O/c1-5-17(4,11-18-10-13(2)3)12-19-14-6-7-15(19)9-16(20)8-14/h13-16,18,20H,5-12H2,1-4H3. The molecule has 3 atom stereocenters. The second-order valence-corrected chi connectivity index (χ2v) is 7.87. The van der Waals surface area contributed by atoms with Crippen molar-refractivity contribution < 1.29 is 5.11 Å². The molecule has 3 nitrogen and oxygen atoms in total. The van der Waals surface area contributed by atoms with Gasteiger partial charge in [0.25, 0.3) is 0 Å². The highest BCUT2D eigenvalue weighted by Crippen LogP contribution is 2.38. The van der Waals surface area contributed by atoms with Crippen molar-refractivity contribution in [2.24, 2.45) is 11.3 Å². The summed E-state index contributed by atoms with van der Waals surface area (Å²) in [7, 11) is 0. The maximum absolute atomic E-state index is 9.93. The van der Waals surface area contributed by atoms with Crippen molar-refractivity contribution in [3.05, 3.63) is 0 Å². The molecule has 0 amide bonds. The fourth-order valence-electron chi connectivity index (χ4n) is 3.90. The number of hydrogen-bond donors (Lipinski definition) is 2. The molecule has 2 fully saturated rings. The van der Waals surface area contributed by atoms with Crippen molar-refractivity contribution in [3.8, 4) is 0 Å². The first-order valence-corrected chi connectivity index (χ1v) is 8.58. The molecule has 0 radical (unpaired) electrons. The molecule has 0 aromatic rings. The van der Waals surface area contributed by atoms with E-state index in [1.165, 1.54) is 25.8 Å². The molecule has 3 heteroatoms. The third-order valence-corrected chi connectivity index (χ3v) is 5.38. The maximum Gasteiger partial charge on any atom is 0.0570 e. The van der Waals surface area contributed by atoms with Gasteiger partial charge in [-0.3, -0.25) is 4.90 Å². The van der Waals surface area contributed by atoms with Crippen molar-refractivity contribution in [1.29, 1.82) is 0 Å². The van der Waals surface area contributed by atoms with Gasteiger partial charge in [-0.15, -0.1) is 0 Å². The Balaban J connectivity index is 1.89. The number of piperidine rings is 1. The van der Waals surface area contributed by atoms with Crippen LogP contribution in [0.15, 0.2) is 0 Å². The predicted molar refractivity (Wildman–Crippen MR) is 84.9 cm³/mol. The molecule has 0 aromatic heterocycles. The summed E-state index contributed by atoms with van der Waals surface area (Å²) in [6.45, 7) is 12.7. The van der Waals surface area contributed by atoms with Crippen LogP contribution < -0.4 is 5.32 Å². The molecule has 2 rings (SSSR count). The smallest absolute Gasteiger partial charge is 0.0570 e. The summed E-state index contributed by atoms with van der Waals surface area (Å²) in [6.07, 6.45) is 5.75. The second kappa shape index (κ2) is 6.76. The van der Waals surface area contributed by atoms with E-state index in [-0.39, 0.29) is 6.10 Å². The molecule has 0 aliphatic carbocycles. The van der Waals surface area contributed by atoms with E-state index in [2.05, 4.69) is 37.9 Å². The number of nitrogens with zero attached hydrogens (tertiary/aromatic N) is 1. The highest BCUT2D eigenvalue weighted by molar-refractivity contribution is 4.97. The fourth-order valence-corrected chi connectivity index (χ4v) is 3.90. The van der Waals surface area contributed by atoms with E-state index < -0.39 is 0 Å². The van der Waals surface area contributed by atoms with Crippen LogP contribution >= 0.6 is 0 Å². The highest BCUT2D eigenvalue weighted by Gasteiger charge is 2.42. The zero-order valence-corrected chi connectivity index (χ0v) is 13.9. The maximum atomic E-state index is 9.93. The molecule has 118 valence electrons. The molecular formula is C17H34N2O. The summed E-state index contributed by atoms with van der Waals surface area (Å²) in [5, 5.41) is 13.6. The molecule has 0 spiro atoms. The zero-order chi connectivity index (χ0) is 14.8. The Bertz CT molecular complexity index is 293. The Kier molecular flexibility index (Phi) is 5.49. The van der Waals surface area contributed by atoms with Crippen molar-refractivity contribution in [1.82, 2.24) is 10.2 Å². The summed E-state index contributed by atoms with van der Waals surface area (Å²) < 4.78 is 0. The summed E-state index contributed by atoms with van der Waals surface area (Å²) in [6, 6.07) is 1.28. The molecule has 3 unspecified atom stereocenters. The van der Waals surface area contributed by atoms with E-state index in [0.29, 0.717) is 17.5 Å². The lowest BCUT2D eigenvalue weighted by Crippen LogP contribution is -2.51. The molecule has 0 aromatic carbocycles. The van der Waals surface area contributed by atoms with Crippen LogP contribution in [0.5, 0.6) is 0 Å². The van der Waals surface area contributed by atoms with Gasteiger partial charge in [-0.2, -0.15) is 0 Å². The summed E-state index contributed by atoms with van der Waals surface area (Å²) in [5.74, 6) is 0.720. The van der Waals surface area contributed by atoms with Crippen LogP contribution in [-0.2, 0) is 0 Å². The molecule has 2 bridgehead atoms. The average Bonchev–Trinajstić information content (AvgIpc) is 2.61. The number of fused-ring (bicyclic) bond motifs is 2. The number of nitrogens with one attached hydrogen (secondary N) is 1. The topological polar surface area (TPSA) is 35.5 Å². The van der Waals surface area contributed by atoms with Gasteiger partial charge in [0.1, 0.15) is 0 Å². The van der Waals surface area contributed by atoms with Gasteiger partial charge in [0, 0.05) is 25.2 Å². The number of aliphatic hydroxyl groups is 1. The number of aliphatic hydroxyl groups excluding tert-OH is 1. The Hall–Kier alpha value is -0.120. The van der Waals surface area contributed by atoms with Gasteiger partial charge in [0.2, 0.25) is 0 Å². The summed E-state index contributed by atoms with van der Waals surface area (Å²) in [5.41, 5.74) is 0.359. The lowest BCUT2D eigenvalue weighted by molar-refractivity contribution is 0.0118. The van der Waals surface area contributed by atoms with Crippen molar-refractivity contribution in [2.75, 3.05) is 19.6 Å². The fraction of sp³-hybridized carbons (Fsp3) is 1.00. The van der Waals surface area contributed by atoms with Crippen molar-refractivity contribution in [3.63, 3.8) is 0 Å². The van der Waals surface area contributed by atoms with Crippen LogP contribution in [0.25, 0.3) is 0 Å². The van der Waals surface area contributed by atoms with Gasteiger partial charge in [0.15, 0.2) is 0 Å². The van der Waals surface area contributed by atoms with Crippen molar-refractivity contribution >= 4 is 0 Å². The van der Waals surface area contributed by atoms with Crippen LogP contribution in [0.4, 0.5) is 0 Å². The van der Waals surface area contributed by atoms with E-state index in [4.69, 9.17) is 0 Å². The third kappa shape index (κ3) is 3.96. The Morgan fingerprint density at radius 3 is 2.35 bits per heavy atom. The lowest BCUT2D eigenvalue weighted by Gasteiger charge is -2.43. The molecule has 2 N–H and O–H groups in total. The third-order valence-electron chi connectivity index (χ3n) is 5.38. The summed E-state index contributed by atoms with van der Waals surface area (Å²) >= 11 is 0. The monoisotopic (exact) mass is 282 g/mol. The molecule has 20 heavy (non-hydrogen) atoms. The lowest BCUT2D eigenvalue weighted by atomic mass is 9.84. The quantitative estimate of drug-likeness (QED) is 0.753. The van der Waals surface area contributed by atoms with Gasteiger partial charge >= 0.3 is 0 Å². The Morgan fingerprint density at radius 2 is 1.85 bits per heavy atom. The minimum Gasteiger partial charge on any atom is -0.393 e. The predicted octanol–water partition coefficient (Wildman–Crippen LogP) is 2.64. The molecule has 2 aliphatic heterocycles. The molecular weight excluding hydrogens is 248 g/mol. The van der Waals surface area contributed by atoms with Crippen molar-refractivity contribution in [2.45, 2.75) is 78.0 Å². The van der Waals surface area contributed by atoms with Gasteiger partial charge in [-0.1, -0.05) is 27.7 Å². The van der Waals surface area contributed by atoms with Gasteiger partial charge < -0.3 is 10.4 Å². The SMILES string of the molecule is CCC(C)(CNCC(C)C)CN1C2CCC1CC(O)C2. The van der Waals surface area contributed by atoms with Gasteiger partial charge in [0.05, 0.1) is 6.10 Å². The minimum absolute atomic E-state index is 0.0456. The molecule has 2 aliphatic rings. The van der Waals surface area contributed by atoms with Crippen LogP contribution in [0.1, 0.15) is 59.8 Å².